The monoisotopic (exact) mass is 835 g/mol. The molecule has 3 aromatic rings. The zero-order valence-corrected chi connectivity index (χ0v) is 35.8. The van der Waals surface area contributed by atoms with E-state index in [0.717, 1.165) is 94.1 Å². The highest BCUT2D eigenvalue weighted by atomic mass is 16.5. The number of nitrogens with one attached hydrogen (secondary N) is 4. The number of benzene rings is 2. The van der Waals surface area contributed by atoms with Crippen molar-refractivity contribution < 1.29 is 28.7 Å². The molecule has 2 saturated heterocycles. The maximum absolute atomic E-state index is 14.5. The third kappa shape index (κ3) is 10.8. The summed E-state index contributed by atoms with van der Waals surface area (Å²) >= 11 is 0. The van der Waals surface area contributed by atoms with Gasteiger partial charge in [-0.25, -0.2) is 14.6 Å². The Hall–Kier alpha value is -4.91. The average Bonchev–Trinajstić information content (AvgIpc) is 4.11. The number of alkyl carbamates (subject to hydrolysis) is 1. The highest BCUT2D eigenvalue weighted by Gasteiger charge is 2.38. The number of aromatic nitrogens is 2. The Kier molecular flexibility index (Phi) is 14.2. The summed E-state index contributed by atoms with van der Waals surface area (Å²) in [4.78, 5) is 65.6. The molecule has 2 aliphatic heterocycles. The molecular weight excluding hydrogens is 771 g/mol. The fourth-order valence-corrected chi connectivity index (χ4v) is 10.5. The minimum absolute atomic E-state index is 0.115. The summed E-state index contributed by atoms with van der Waals surface area (Å²) in [5.74, 6) is 1.80. The quantitative estimate of drug-likeness (QED) is 0.144. The number of aromatic amines is 1. The van der Waals surface area contributed by atoms with Crippen LogP contribution >= 0.6 is 0 Å². The molecule has 1 aromatic heterocycles. The lowest BCUT2D eigenvalue weighted by Crippen LogP contribution is -2.48. The van der Waals surface area contributed by atoms with Crippen LogP contribution in [0.2, 0.25) is 0 Å². The number of rotatable bonds is 12. The summed E-state index contributed by atoms with van der Waals surface area (Å²) in [6.45, 7) is 1.82. The van der Waals surface area contributed by atoms with Crippen LogP contribution in [0.25, 0.3) is 11.3 Å². The summed E-state index contributed by atoms with van der Waals surface area (Å²) in [7, 11) is 1.76. The number of ether oxygens (including phenoxy) is 2. The molecule has 0 spiro atoms. The Labute approximate surface area is 360 Å². The summed E-state index contributed by atoms with van der Waals surface area (Å²) in [5.41, 5.74) is 3.97. The van der Waals surface area contributed by atoms with E-state index in [0.29, 0.717) is 56.2 Å². The number of nitrogens with zero attached hydrogens (tertiary/aromatic N) is 3. The molecule has 3 heterocycles. The van der Waals surface area contributed by atoms with Gasteiger partial charge in [-0.15, -0.1) is 0 Å². The van der Waals surface area contributed by atoms with Gasteiger partial charge in [-0.3, -0.25) is 9.59 Å². The number of carbonyl (C=O) groups excluding carboxylic acids is 4. The van der Waals surface area contributed by atoms with Crippen molar-refractivity contribution in [3.05, 3.63) is 77.7 Å². The first kappa shape index (κ1) is 42.8. The summed E-state index contributed by atoms with van der Waals surface area (Å²) in [5, 5.41) is 9.36. The van der Waals surface area contributed by atoms with Gasteiger partial charge in [0, 0.05) is 38.7 Å². The van der Waals surface area contributed by atoms with Crippen LogP contribution in [0.4, 0.5) is 9.59 Å². The molecule has 3 saturated carbocycles. The minimum atomic E-state index is -0.879. The topological polar surface area (TPSA) is 158 Å². The SMILES string of the molecule is COC1CCC(C(=O)NC2CCC(c3ccc(-c4cnc([C@@H]5CCCN5C(=O)[C@H](NC(=O)N5CC[C@@H](NC(=O)OCC6CCCCC6)C5)c5ccccc5)[nH]4)cc3)CC2)CC1. The van der Waals surface area contributed by atoms with Gasteiger partial charge in [0.15, 0.2) is 0 Å². The molecule has 0 bridgehead atoms. The van der Waals surface area contributed by atoms with Gasteiger partial charge in [0.05, 0.1) is 36.7 Å². The molecule has 5 amide bonds. The molecule has 5 aliphatic rings. The molecule has 13 heteroatoms. The zero-order chi connectivity index (χ0) is 42.1. The van der Waals surface area contributed by atoms with Crippen LogP contribution < -0.4 is 16.0 Å². The van der Waals surface area contributed by atoms with E-state index in [1.807, 2.05) is 41.4 Å². The van der Waals surface area contributed by atoms with Crippen LogP contribution in [0.15, 0.2) is 60.8 Å². The number of imidazole rings is 1. The Morgan fingerprint density at radius 2 is 1.54 bits per heavy atom. The highest BCUT2D eigenvalue weighted by Crippen LogP contribution is 2.37. The smallest absolute Gasteiger partial charge is 0.407 e. The van der Waals surface area contributed by atoms with Crippen molar-refractivity contribution in [3.63, 3.8) is 0 Å². The van der Waals surface area contributed by atoms with Crippen molar-refractivity contribution in [3.8, 4) is 11.3 Å². The van der Waals surface area contributed by atoms with E-state index in [9.17, 15) is 19.2 Å². The van der Waals surface area contributed by atoms with E-state index in [-0.39, 0.29) is 41.9 Å². The lowest BCUT2D eigenvalue weighted by atomic mass is 9.81. The Bertz CT molecular complexity index is 1920. The lowest BCUT2D eigenvalue weighted by molar-refractivity contribution is -0.134. The molecule has 8 rings (SSSR count). The van der Waals surface area contributed by atoms with Crippen molar-refractivity contribution in [2.75, 3.05) is 33.4 Å². The van der Waals surface area contributed by atoms with Gasteiger partial charge in [-0.05, 0) is 112 Å². The van der Waals surface area contributed by atoms with Gasteiger partial charge < -0.3 is 40.2 Å². The van der Waals surface area contributed by atoms with Crippen LogP contribution in [0.1, 0.15) is 138 Å². The molecule has 61 heavy (non-hydrogen) atoms. The Morgan fingerprint density at radius 3 is 2.28 bits per heavy atom. The number of hydrogen-bond acceptors (Lipinski definition) is 7. The third-order valence-corrected chi connectivity index (χ3v) is 14.2. The molecule has 0 unspecified atom stereocenters. The molecule has 328 valence electrons. The van der Waals surface area contributed by atoms with Crippen molar-refractivity contribution in [1.29, 1.82) is 0 Å². The van der Waals surface area contributed by atoms with Gasteiger partial charge in [-0.2, -0.15) is 0 Å². The number of H-pyrrole nitrogens is 1. The number of amides is 5. The summed E-state index contributed by atoms with van der Waals surface area (Å²) < 4.78 is 11.0. The third-order valence-electron chi connectivity index (χ3n) is 14.2. The fourth-order valence-electron chi connectivity index (χ4n) is 10.5. The predicted molar refractivity (Wildman–Crippen MR) is 232 cm³/mol. The van der Waals surface area contributed by atoms with Crippen molar-refractivity contribution in [1.82, 2.24) is 35.7 Å². The number of hydrogen-bond donors (Lipinski definition) is 4. The fraction of sp³-hybridized carbons (Fsp3) is 0.604. The van der Waals surface area contributed by atoms with Gasteiger partial charge in [0.25, 0.3) is 0 Å². The first-order chi connectivity index (χ1) is 29.8. The molecule has 0 radical (unpaired) electrons. The van der Waals surface area contributed by atoms with Crippen LogP contribution in [-0.2, 0) is 19.1 Å². The lowest BCUT2D eigenvalue weighted by Gasteiger charge is -2.32. The van der Waals surface area contributed by atoms with Gasteiger partial charge in [0.1, 0.15) is 11.9 Å². The van der Waals surface area contributed by atoms with Crippen LogP contribution in [0.5, 0.6) is 0 Å². The van der Waals surface area contributed by atoms with Crippen molar-refractivity contribution in [2.24, 2.45) is 11.8 Å². The van der Waals surface area contributed by atoms with E-state index in [1.165, 1.54) is 24.8 Å². The highest BCUT2D eigenvalue weighted by molar-refractivity contribution is 5.89. The molecule has 2 aromatic carbocycles. The number of urea groups is 1. The van der Waals surface area contributed by atoms with Crippen LogP contribution in [-0.4, -0.2) is 95.2 Å². The second-order valence-electron chi connectivity index (χ2n) is 18.2. The Balaban J connectivity index is 0.841. The first-order valence-electron chi connectivity index (χ1n) is 23.1. The van der Waals surface area contributed by atoms with Gasteiger partial charge >= 0.3 is 12.1 Å². The zero-order valence-electron chi connectivity index (χ0n) is 35.8. The molecule has 3 aliphatic carbocycles. The largest absolute Gasteiger partial charge is 0.449 e. The number of likely N-dealkylation sites (tertiary alicyclic amines) is 2. The van der Waals surface area contributed by atoms with Crippen LogP contribution in [0.3, 0.4) is 0 Å². The summed E-state index contributed by atoms with van der Waals surface area (Å²) in [6.07, 6.45) is 17.6. The van der Waals surface area contributed by atoms with Crippen molar-refractivity contribution in [2.45, 2.75) is 139 Å². The maximum atomic E-state index is 14.5. The Morgan fingerprint density at radius 1 is 0.787 bits per heavy atom. The molecule has 3 atom stereocenters. The van der Waals surface area contributed by atoms with Gasteiger partial charge in [-0.1, -0.05) is 73.9 Å². The molecular formula is C48H65N7O6. The van der Waals surface area contributed by atoms with E-state index in [4.69, 9.17) is 14.5 Å². The predicted octanol–water partition coefficient (Wildman–Crippen LogP) is 7.92. The number of carbonyl (C=O) groups is 4. The van der Waals surface area contributed by atoms with E-state index < -0.39 is 12.1 Å². The van der Waals surface area contributed by atoms with Crippen molar-refractivity contribution >= 4 is 23.9 Å². The maximum Gasteiger partial charge on any atom is 0.407 e. The first-order valence-corrected chi connectivity index (χ1v) is 23.1. The van der Waals surface area contributed by atoms with Gasteiger partial charge in [0.2, 0.25) is 11.8 Å². The second-order valence-corrected chi connectivity index (χ2v) is 18.2. The molecule has 13 nitrogen and oxygen atoms in total. The average molecular weight is 836 g/mol. The standard InChI is InChI=1S/C48H65N7O6/c1-60-40-24-20-37(21-25-40)45(56)50-38-22-18-34(19-23-38)33-14-16-35(17-15-33)41-29-49-44(52-41)42-13-8-27-55(42)46(57)43(36-11-6-3-7-12-36)53-47(58)54-28-26-39(30-54)51-48(59)61-31-32-9-4-2-5-10-32/h3,6-7,11-12,14-17,29,32,34,37-40,42-43H,2,4-5,8-10,13,18-28,30-31H2,1H3,(H,49,52)(H,50,56)(H,51,59)(H,53,58)/t34?,37?,38?,39-,40?,42+,43-/m1/s1. The van der Waals surface area contributed by atoms with Crippen LogP contribution in [0, 0.1) is 11.8 Å². The molecule has 5 fully saturated rings. The second kappa shape index (κ2) is 20.3. The normalized spacial score (nSPS) is 26.4. The number of methoxy groups -OCH3 is 1. The van der Waals surface area contributed by atoms with E-state index in [2.05, 4.69) is 45.2 Å². The minimum Gasteiger partial charge on any atom is -0.449 e. The van der Waals surface area contributed by atoms with E-state index >= 15 is 0 Å². The summed E-state index contributed by atoms with van der Waals surface area (Å²) in [6, 6.07) is 16.7. The van der Waals surface area contributed by atoms with E-state index in [1.54, 1.807) is 12.0 Å². The molecule has 4 N–H and O–H groups in total.